The van der Waals surface area contributed by atoms with E-state index in [-0.39, 0.29) is 10.8 Å². The summed E-state index contributed by atoms with van der Waals surface area (Å²) >= 11 is 0. The fourth-order valence-electron chi connectivity index (χ4n) is 2.35. The first kappa shape index (κ1) is 15.9. The van der Waals surface area contributed by atoms with E-state index in [4.69, 9.17) is 0 Å². The average molecular weight is 311 g/mol. The molecule has 7 heteroatoms. The lowest BCUT2D eigenvalue weighted by Gasteiger charge is -2.23. The Hall–Kier alpha value is -1.44. The Morgan fingerprint density at radius 3 is 2.52 bits per heavy atom. The van der Waals surface area contributed by atoms with E-state index in [0.29, 0.717) is 12.2 Å². The van der Waals surface area contributed by atoms with Crippen LogP contribution in [-0.2, 0) is 14.8 Å². The summed E-state index contributed by atoms with van der Waals surface area (Å²) in [7, 11) is -3.46. The largest absolute Gasteiger partial charge is 0.324 e. The molecule has 116 valence electrons. The molecule has 3 N–H and O–H groups in total. The van der Waals surface area contributed by atoms with Crippen LogP contribution in [0, 0.1) is 0 Å². The third-order valence-corrected chi connectivity index (χ3v) is 5.19. The summed E-state index contributed by atoms with van der Waals surface area (Å²) in [6.45, 7) is 4.77. The number of benzene rings is 1. The maximum atomic E-state index is 12.2. The highest BCUT2D eigenvalue weighted by Crippen LogP contribution is 2.21. The molecule has 1 aliphatic rings. The Labute approximate surface area is 125 Å². The molecule has 21 heavy (non-hydrogen) atoms. The molecule has 1 aliphatic heterocycles. The molecule has 1 amide bonds. The van der Waals surface area contributed by atoms with Gasteiger partial charge in [-0.05, 0) is 50.6 Å². The Bertz CT molecular complexity index is 605. The Morgan fingerprint density at radius 1 is 1.33 bits per heavy atom. The van der Waals surface area contributed by atoms with Crippen LogP contribution in [0.4, 0.5) is 5.69 Å². The van der Waals surface area contributed by atoms with Crippen LogP contribution in [0.1, 0.15) is 26.7 Å². The van der Waals surface area contributed by atoms with Gasteiger partial charge in [0, 0.05) is 12.2 Å². The predicted octanol–water partition coefficient (Wildman–Crippen LogP) is 1.07. The van der Waals surface area contributed by atoms with Gasteiger partial charge >= 0.3 is 0 Å². The van der Waals surface area contributed by atoms with E-state index >= 15 is 0 Å². The second-order valence-corrected chi connectivity index (χ2v) is 7.11. The van der Waals surface area contributed by atoms with Gasteiger partial charge in [0.2, 0.25) is 15.9 Å². The molecule has 1 aromatic rings. The number of amides is 1. The van der Waals surface area contributed by atoms with E-state index in [1.165, 1.54) is 12.1 Å². The van der Waals surface area contributed by atoms with Crippen LogP contribution in [0.15, 0.2) is 29.2 Å². The van der Waals surface area contributed by atoms with Gasteiger partial charge in [0.15, 0.2) is 0 Å². The molecule has 1 saturated heterocycles. The number of rotatable bonds is 5. The smallest absolute Gasteiger partial charge is 0.244 e. The summed E-state index contributed by atoms with van der Waals surface area (Å²) in [5.74, 6) is -0.0951. The topological polar surface area (TPSA) is 87.3 Å². The fraction of sp³-hybridized carbons (Fsp3) is 0.500. The molecule has 0 spiro atoms. The van der Waals surface area contributed by atoms with Crippen molar-refractivity contribution in [2.75, 3.05) is 18.4 Å². The highest BCUT2D eigenvalue weighted by Gasteiger charge is 2.35. The molecule has 0 aliphatic carbocycles. The average Bonchev–Trinajstić information content (AvgIpc) is 2.88. The number of carbonyl (C=O) groups excluding carboxylic acids is 1. The first-order valence-corrected chi connectivity index (χ1v) is 8.52. The van der Waals surface area contributed by atoms with Gasteiger partial charge in [-0.2, -0.15) is 0 Å². The molecule has 0 radical (unpaired) electrons. The highest BCUT2D eigenvalue weighted by molar-refractivity contribution is 7.89. The number of hydrogen-bond donors (Lipinski definition) is 3. The highest BCUT2D eigenvalue weighted by atomic mass is 32.2. The van der Waals surface area contributed by atoms with Crippen LogP contribution >= 0.6 is 0 Å². The van der Waals surface area contributed by atoms with Crippen LogP contribution in [0.5, 0.6) is 0 Å². The van der Waals surface area contributed by atoms with Crippen molar-refractivity contribution in [1.82, 2.24) is 10.0 Å². The van der Waals surface area contributed by atoms with Crippen LogP contribution in [-0.4, -0.2) is 33.0 Å². The van der Waals surface area contributed by atoms with Crippen molar-refractivity contribution in [1.29, 1.82) is 0 Å². The van der Waals surface area contributed by atoms with E-state index in [1.54, 1.807) is 19.1 Å². The van der Waals surface area contributed by atoms with Gasteiger partial charge in [-0.25, -0.2) is 13.1 Å². The van der Waals surface area contributed by atoms with Gasteiger partial charge in [-0.15, -0.1) is 0 Å². The normalized spacial score (nSPS) is 22.2. The first-order chi connectivity index (χ1) is 9.87. The summed E-state index contributed by atoms with van der Waals surface area (Å²) in [5, 5.41) is 6.01. The summed E-state index contributed by atoms with van der Waals surface area (Å²) in [5.41, 5.74) is 0.0412. The standard InChI is InChI=1S/C14H21N3O3S/c1-3-16-21(19,20)12-7-5-11(6-8-12)17-13(18)14(2)9-4-10-15-14/h5-8,15-16H,3-4,9-10H2,1-2H3,(H,17,18). The van der Waals surface area contributed by atoms with E-state index < -0.39 is 15.6 Å². The van der Waals surface area contributed by atoms with Crippen molar-refractivity contribution in [3.05, 3.63) is 24.3 Å². The predicted molar refractivity (Wildman–Crippen MR) is 81.6 cm³/mol. The molecule has 1 atom stereocenters. The van der Waals surface area contributed by atoms with Crippen molar-refractivity contribution >= 4 is 21.6 Å². The lowest BCUT2D eigenvalue weighted by Crippen LogP contribution is -2.47. The molecule has 0 saturated carbocycles. The minimum absolute atomic E-state index is 0.0951. The van der Waals surface area contributed by atoms with E-state index in [9.17, 15) is 13.2 Å². The molecule has 1 fully saturated rings. The van der Waals surface area contributed by atoms with Gasteiger partial charge < -0.3 is 10.6 Å². The quantitative estimate of drug-likeness (QED) is 0.759. The lowest BCUT2D eigenvalue weighted by molar-refractivity contribution is -0.121. The molecule has 6 nitrogen and oxygen atoms in total. The van der Waals surface area contributed by atoms with E-state index in [2.05, 4.69) is 15.4 Å². The van der Waals surface area contributed by atoms with Crippen LogP contribution in [0.2, 0.25) is 0 Å². The third kappa shape index (κ3) is 3.61. The van der Waals surface area contributed by atoms with Gasteiger partial charge in [-0.1, -0.05) is 6.92 Å². The van der Waals surface area contributed by atoms with Crippen LogP contribution < -0.4 is 15.4 Å². The summed E-state index contributed by atoms with van der Waals surface area (Å²) in [6.07, 6.45) is 1.77. The number of carbonyl (C=O) groups is 1. The Morgan fingerprint density at radius 2 is 2.00 bits per heavy atom. The second kappa shape index (κ2) is 6.13. The van der Waals surface area contributed by atoms with Crippen LogP contribution in [0.25, 0.3) is 0 Å². The number of nitrogens with one attached hydrogen (secondary N) is 3. The zero-order chi connectivity index (χ0) is 15.5. The van der Waals surface area contributed by atoms with Gasteiger partial charge in [0.25, 0.3) is 0 Å². The summed E-state index contributed by atoms with van der Waals surface area (Å²) in [6, 6.07) is 6.16. The lowest BCUT2D eigenvalue weighted by atomic mass is 9.99. The Kier molecular flexibility index (Phi) is 4.65. The van der Waals surface area contributed by atoms with E-state index in [1.807, 2.05) is 6.92 Å². The third-order valence-electron chi connectivity index (χ3n) is 3.63. The summed E-state index contributed by atoms with van der Waals surface area (Å²) in [4.78, 5) is 12.4. The monoisotopic (exact) mass is 311 g/mol. The van der Waals surface area contributed by atoms with Gasteiger partial charge in [0.1, 0.15) is 0 Å². The van der Waals surface area contributed by atoms with Gasteiger partial charge in [-0.3, -0.25) is 4.79 Å². The molecule has 2 rings (SSSR count). The summed E-state index contributed by atoms with van der Waals surface area (Å²) < 4.78 is 26.1. The van der Waals surface area contributed by atoms with Crippen molar-refractivity contribution in [2.24, 2.45) is 0 Å². The minimum atomic E-state index is -3.46. The van der Waals surface area contributed by atoms with Crippen molar-refractivity contribution in [3.8, 4) is 0 Å². The molecule has 1 heterocycles. The second-order valence-electron chi connectivity index (χ2n) is 5.34. The number of sulfonamides is 1. The fourth-order valence-corrected chi connectivity index (χ4v) is 3.39. The maximum Gasteiger partial charge on any atom is 0.244 e. The van der Waals surface area contributed by atoms with Crippen molar-refractivity contribution in [2.45, 2.75) is 37.1 Å². The van der Waals surface area contributed by atoms with Crippen LogP contribution in [0.3, 0.4) is 0 Å². The molecule has 1 aromatic carbocycles. The molecule has 0 aromatic heterocycles. The van der Waals surface area contributed by atoms with Crippen molar-refractivity contribution in [3.63, 3.8) is 0 Å². The first-order valence-electron chi connectivity index (χ1n) is 7.03. The number of anilines is 1. The minimum Gasteiger partial charge on any atom is -0.324 e. The van der Waals surface area contributed by atoms with E-state index in [0.717, 1.165) is 19.4 Å². The van der Waals surface area contributed by atoms with Gasteiger partial charge in [0.05, 0.1) is 10.4 Å². The Balaban J connectivity index is 2.08. The maximum absolute atomic E-state index is 12.2. The molecule has 0 bridgehead atoms. The molecular weight excluding hydrogens is 290 g/mol. The molecular formula is C14H21N3O3S. The number of hydrogen-bond acceptors (Lipinski definition) is 4. The SMILES string of the molecule is CCNS(=O)(=O)c1ccc(NC(=O)C2(C)CCCN2)cc1. The zero-order valence-electron chi connectivity index (χ0n) is 12.3. The zero-order valence-corrected chi connectivity index (χ0v) is 13.1. The van der Waals surface area contributed by atoms with Crippen molar-refractivity contribution < 1.29 is 13.2 Å². The molecule has 1 unspecified atom stereocenters.